The van der Waals surface area contributed by atoms with E-state index >= 15 is 0 Å². The molecule has 0 spiro atoms. The zero-order valence-corrected chi connectivity index (χ0v) is 19.0. The van der Waals surface area contributed by atoms with Crippen LogP contribution in [0, 0.1) is 0 Å². The van der Waals surface area contributed by atoms with Crippen molar-refractivity contribution in [1.29, 1.82) is 0 Å². The minimum atomic E-state index is -0.0504. The number of carbonyl (C=O) groups is 1. The van der Waals surface area contributed by atoms with Gasteiger partial charge < -0.3 is 15.2 Å². The number of nitrogens with zero attached hydrogens (tertiary/aromatic N) is 1. The van der Waals surface area contributed by atoms with Gasteiger partial charge in [0.2, 0.25) is 0 Å². The number of aromatic nitrogens is 1. The maximum Gasteiger partial charge on any atom is 0.255 e. The summed E-state index contributed by atoms with van der Waals surface area (Å²) in [6.07, 6.45) is 5.79. The number of anilines is 1. The average molecular weight is 438 g/mol. The molecule has 2 N–H and O–H groups in total. The summed E-state index contributed by atoms with van der Waals surface area (Å²) in [6.45, 7) is 2.90. The van der Waals surface area contributed by atoms with Crippen molar-refractivity contribution in [2.75, 3.05) is 11.9 Å². The highest BCUT2D eigenvalue weighted by molar-refractivity contribution is 6.06. The lowest BCUT2D eigenvalue weighted by Gasteiger charge is -2.16. The van der Waals surface area contributed by atoms with Crippen molar-refractivity contribution >= 4 is 22.5 Å². The molecule has 0 atom stereocenters. The van der Waals surface area contributed by atoms with E-state index in [0.717, 1.165) is 50.1 Å². The quantitative estimate of drug-likeness (QED) is 0.335. The van der Waals surface area contributed by atoms with E-state index in [9.17, 15) is 4.79 Å². The topological polar surface area (TPSA) is 46.1 Å². The van der Waals surface area contributed by atoms with Crippen LogP contribution in [0.25, 0.3) is 10.9 Å². The maximum absolute atomic E-state index is 12.9. The van der Waals surface area contributed by atoms with Crippen molar-refractivity contribution in [3.8, 4) is 0 Å². The molecule has 1 amide bonds. The molecule has 4 heteroatoms. The number of carbonyl (C=O) groups excluding carboxylic acids is 1. The average Bonchev–Trinajstić information content (AvgIpc) is 3.18. The largest absolute Gasteiger partial charge is 0.344 e. The Balaban J connectivity index is 1.31. The highest BCUT2D eigenvalue weighted by Crippen LogP contribution is 2.33. The molecule has 0 aliphatic heterocycles. The molecular weight excluding hydrogens is 406 g/mol. The highest BCUT2D eigenvalue weighted by Gasteiger charge is 2.21. The smallest absolute Gasteiger partial charge is 0.255 e. The first kappa shape index (κ1) is 21.5. The van der Waals surface area contributed by atoms with Gasteiger partial charge in [-0.2, -0.15) is 0 Å². The number of para-hydroxylation sites is 1. The molecule has 1 aliphatic rings. The van der Waals surface area contributed by atoms with Gasteiger partial charge in [-0.15, -0.1) is 0 Å². The van der Waals surface area contributed by atoms with Crippen molar-refractivity contribution in [3.63, 3.8) is 0 Å². The van der Waals surface area contributed by atoms with E-state index in [0.29, 0.717) is 0 Å². The Labute approximate surface area is 195 Å². The van der Waals surface area contributed by atoms with Crippen LogP contribution in [0.3, 0.4) is 0 Å². The van der Waals surface area contributed by atoms with Gasteiger partial charge in [0.25, 0.3) is 5.91 Å². The molecule has 168 valence electrons. The molecule has 4 nitrogen and oxygen atoms in total. The lowest BCUT2D eigenvalue weighted by molar-refractivity contribution is 0.102. The van der Waals surface area contributed by atoms with Crippen LogP contribution < -0.4 is 10.6 Å². The lowest BCUT2D eigenvalue weighted by Crippen LogP contribution is -2.17. The number of hydrogen-bond acceptors (Lipinski definition) is 2. The summed E-state index contributed by atoms with van der Waals surface area (Å²) in [4.78, 5) is 12.9. The molecule has 0 unspecified atom stereocenters. The molecular formula is C29H31N3O. The summed E-state index contributed by atoms with van der Waals surface area (Å²) in [5.41, 5.74) is 7.05. The number of rotatable bonds is 8. The summed E-state index contributed by atoms with van der Waals surface area (Å²) < 4.78 is 2.51. The van der Waals surface area contributed by atoms with Crippen LogP contribution >= 0.6 is 0 Å². The van der Waals surface area contributed by atoms with Crippen LogP contribution in [0.4, 0.5) is 5.69 Å². The van der Waals surface area contributed by atoms with Gasteiger partial charge in [-0.05, 0) is 80.1 Å². The van der Waals surface area contributed by atoms with Crippen molar-refractivity contribution in [1.82, 2.24) is 9.88 Å². The van der Waals surface area contributed by atoms with E-state index in [1.807, 2.05) is 36.4 Å². The Morgan fingerprint density at radius 1 is 0.879 bits per heavy atom. The second-order valence-electron chi connectivity index (χ2n) is 8.85. The third-order valence-electron chi connectivity index (χ3n) is 6.58. The van der Waals surface area contributed by atoms with Crippen LogP contribution in [-0.4, -0.2) is 17.0 Å². The molecule has 1 heterocycles. The van der Waals surface area contributed by atoms with Crippen LogP contribution in [0.2, 0.25) is 0 Å². The summed E-state index contributed by atoms with van der Waals surface area (Å²) in [7, 11) is 0. The molecule has 0 saturated carbocycles. The maximum atomic E-state index is 12.9. The molecule has 1 aromatic heterocycles. The van der Waals surface area contributed by atoms with Crippen molar-refractivity contribution in [3.05, 3.63) is 101 Å². The summed E-state index contributed by atoms with van der Waals surface area (Å²) in [6, 6.07) is 26.4. The Morgan fingerprint density at radius 3 is 2.45 bits per heavy atom. The first-order valence-electron chi connectivity index (χ1n) is 12.0. The fourth-order valence-electron chi connectivity index (χ4n) is 4.95. The molecule has 0 fully saturated rings. The van der Waals surface area contributed by atoms with Crippen LogP contribution in [0.5, 0.6) is 0 Å². The number of hydrogen-bond donors (Lipinski definition) is 2. The highest BCUT2D eigenvalue weighted by atomic mass is 16.1. The molecule has 0 saturated heterocycles. The second kappa shape index (κ2) is 10.1. The normalized spacial score (nSPS) is 13.1. The van der Waals surface area contributed by atoms with Crippen molar-refractivity contribution < 1.29 is 4.79 Å². The molecule has 5 rings (SSSR count). The molecule has 33 heavy (non-hydrogen) atoms. The second-order valence-corrected chi connectivity index (χ2v) is 8.85. The summed E-state index contributed by atoms with van der Waals surface area (Å²) in [5, 5.41) is 7.84. The fourth-order valence-corrected chi connectivity index (χ4v) is 4.95. The molecule has 3 aromatic carbocycles. The first-order chi connectivity index (χ1) is 16.3. The van der Waals surface area contributed by atoms with Gasteiger partial charge in [0, 0.05) is 40.9 Å². The number of fused-ring (bicyclic) bond motifs is 3. The minimum absolute atomic E-state index is 0.0504. The van der Waals surface area contributed by atoms with E-state index in [-0.39, 0.29) is 5.91 Å². The first-order valence-corrected chi connectivity index (χ1v) is 12.0. The molecule has 1 aliphatic carbocycles. The van der Waals surface area contributed by atoms with Gasteiger partial charge >= 0.3 is 0 Å². The Bertz CT molecular complexity index is 1230. The van der Waals surface area contributed by atoms with Crippen LogP contribution in [0.15, 0.2) is 78.9 Å². The molecule has 0 bridgehead atoms. The van der Waals surface area contributed by atoms with Crippen molar-refractivity contribution in [2.45, 2.75) is 45.2 Å². The Hall–Kier alpha value is -3.37. The molecule has 4 aromatic rings. The summed E-state index contributed by atoms with van der Waals surface area (Å²) >= 11 is 0. The molecule has 0 radical (unpaired) electrons. The van der Waals surface area contributed by atoms with Gasteiger partial charge in [0.05, 0.1) is 0 Å². The predicted octanol–water partition coefficient (Wildman–Crippen LogP) is 5.95. The van der Waals surface area contributed by atoms with E-state index in [1.54, 1.807) is 0 Å². The number of benzene rings is 3. The van der Waals surface area contributed by atoms with Gasteiger partial charge in [-0.1, -0.05) is 48.5 Å². The van der Waals surface area contributed by atoms with Crippen LogP contribution in [0.1, 0.15) is 46.4 Å². The number of amides is 1. The van der Waals surface area contributed by atoms with Crippen molar-refractivity contribution in [2.24, 2.45) is 0 Å². The third kappa shape index (κ3) is 4.86. The van der Waals surface area contributed by atoms with Crippen LogP contribution in [-0.2, 0) is 25.9 Å². The predicted molar refractivity (Wildman–Crippen MR) is 136 cm³/mol. The lowest BCUT2D eigenvalue weighted by atomic mass is 9.95. The SMILES string of the molecule is O=C(Nc1ccccc1)c1ccc2c(c1)c1c(n2CCCNCc2ccccc2)CCCC1. The minimum Gasteiger partial charge on any atom is -0.344 e. The van der Waals surface area contributed by atoms with Gasteiger partial charge in [0.1, 0.15) is 0 Å². The Morgan fingerprint density at radius 2 is 1.64 bits per heavy atom. The zero-order valence-electron chi connectivity index (χ0n) is 19.0. The third-order valence-corrected chi connectivity index (χ3v) is 6.58. The zero-order chi connectivity index (χ0) is 22.5. The summed E-state index contributed by atoms with van der Waals surface area (Å²) in [5.74, 6) is -0.0504. The fraction of sp³-hybridized carbons (Fsp3) is 0.276. The number of nitrogens with one attached hydrogen (secondary N) is 2. The van der Waals surface area contributed by atoms with E-state index in [1.165, 1.54) is 40.6 Å². The van der Waals surface area contributed by atoms with Gasteiger partial charge in [0.15, 0.2) is 0 Å². The van der Waals surface area contributed by atoms with E-state index < -0.39 is 0 Å². The number of aryl methyl sites for hydroxylation is 2. The van der Waals surface area contributed by atoms with Gasteiger partial charge in [-0.25, -0.2) is 0 Å². The van der Waals surface area contributed by atoms with Gasteiger partial charge in [-0.3, -0.25) is 4.79 Å². The standard InChI is InChI=1S/C29H31N3O/c33-29(31-24-12-5-2-6-13-24)23-16-17-28-26(20-23)25-14-7-8-15-27(25)32(28)19-9-18-30-21-22-10-3-1-4-11-22/h1-6,10-13,16-17,20,30H,7-9,14-15,18-19,21H2,(H,31,33). The monoisotopic (exact) mass is 437 g/mol. The van der Waals surface area contributed by atoms with E-state index in [2.05, 4.69) is 57.7 Å². The Kier molecular flexibility index (Phi) is 6.54. The van der Waals surface area contributed by atoms with E-state index in [4.69, 9.17) is 0 Å².